The first kappa shape index (κ1) is 67.6. The molecule has 0 saturated heterocycles. The Balaban J connectivity index is 0.000000153. The zero-order chi connectivity index (χ0) is 67.3. The fourth-order valence-corrected chi connectivity index (χ4v) is 11.8. The Kier molecular flexibility index (Phi) is 19.9. The molecule has 6 aromatic rings. The molecule has 36 heteroatoms. The highest BCUT2D eigenvalue weighted by molar-refractivity contribution is 6.32. The largest absolute Gasteiger partial charge is 0.393 e. The minimum atomic E-state index is -1.07. The Morgan fingerprint density at radius 2 is 0.806 bits per heavy atom. The van der Waals surface area contributed by atoms with Crippen molar-refractivity contribution in [1.29, 1.82) is 0 Å². The van der Waals surface area contributed by atoms with E-state index in [2.05, 4.69) is 31.2 Å². The van der Waals surface area contributed by atoms with Crippen LogP contribution in [0.3, 0.4) is 0 Å². The van der Waals surface area contributed by atoms with E-state index in [9.17, 15) is 70.4 Å². The number of carbonyl (C=O) groups excluding carboxylic acids is 6. The average Bonchev–Trinajstić information content (AvgIpc) is 1.64. The third kappa shape index (κ3) is 13.5. The summed E-state index contributed by atoms with van der Waals surface area (Å²) in [6.45, 7) is 5.21. The van der Waals surface area contributed by atoms with Crippen LogP contribution in [0.2, 0.25) is 15.1 Å². The SMILES string of the molecule is C[C@@H]1Cc2nn3c(c2CN1C(=O)Nc1cc(Cl)c(F)cc1F)C(=O)N(C)O[C@@H](CO)C3.C[C@@H]1Cc2nn3c(c2CN1C(=O)Nc1ccc(F)c(Cl)c1F)C(=O)N(C)O[C@@H](CO)C3.C[C@@H]1Cc2nn3c(c2CN1C(=O)Nc1ccc(F)c(Cl)c1F)C(=O)N(C)O[C@H](CO)C3. The molecule has 3 aromatic heterocycles. The quantitative estimate of drug-likeness (QED) is 0.0588. The Morgan fingerprint density at radius 3 is 1.12 bits per heavy atom. The van der Waals surface area contributed by atoms with Crippen molar-refractivity contribution in [1.82, 2.24) is 59.2 Å². The second kappa shape index (κ2) is 27.4. The van der Waals surface area contributed by atoms with E-state index in [0.29, 0.717) is 59.1 Å². The number of amides is 9. The topological polar surface area (TPSA) is 300 Å². The van der Waals surface area contributed by atoms with Gasteiger partial charge in [0, 0.05) is 81.3 Å². The number of aromatic nitrogens is 6. The Morgan fingerprint density at radius 1 is 0.495 bits per heavy atom. The van der Waals surface area contributed by atoms with Gasteiger partial charge in [0.2, 0.25) is 0 Å². The summed E-state index contributed by atoms with van der Waals surface area (Å²) in [7, 11) is 4.32. The van der Waals surface area contributed by atoms with Crippen molar-refractivity contribution in [3.05, 3.63) is 137 Å². The molecule has 93 heavy (non-hydrogen) atoms. The fraction of sp³-hybridized carbons (Fsp3) is 0.421. The number of nitrogens with zero attached hydrogens (tertiary/aromatic N) is 12. The third-order valence-corrected chi connectivity index (χ3v) is 17.1. The molecule has 0 bridgehead atoms. The number of aliphatic hydroxyl groups excluding tert-OH is 3. The van der Waals surface area contributed by atoms with E-state index < -0.39 is 99.1 Å². The summed E-state index contributed by atoms with van der Waals surface area (Å²) in [5.74, 6) is -7.22. The van der Waals surface area contributed by atoms with E-state index >= 15 is 0 Å². The maximum Gasteiger partial charge on any atom is 0.322 e. The Hall–Kier alpha value is -8.28. The number of nitrogens with one attached hydrogen (secondary N) is 3. The Labute approximate surface area is 539 Å². The molecule has 12 rings (SSSR count). The normalized spacial score (nSPS) is 20.9. The summed E-state index contributed by atoms with van der Waals surface area (Å²) >= 11 is 16.9. The summed E-state index contributed by atoms with van der Waals surface area (Å²) < 4.78 is 87.1. The van der Waals surface area contributed by atoms with Crippen LogP contribution in [0.5, 0.6) is 0 Å². The van der Waals surface area contributed by atoms with Gasteiger partial charge in [-0.05, 0) is 51.1 Å². The Bertz CT molecular complexity index is 3660. The highest BCUT2D eigenvalue weighted by atomic mass is 35.5. The monoisotopic (exact) mass is 1370 g/mol. The number of halogens is 9. The summed E-state index contributed by atoms with van der Waals surface area (Å²) in [5.41, 5.74) is 3.75. The lowest BCUT2D eigenvalue weighted by Gasteiger charge is -2.33. The van der Waals surface area contributed by atoms with Crippen molar-refractivity contribution in [2.45, 2.75) is 116 Å². The van der Waals surface area contributed by atoms with Gasteiger partial charge in [0.25, 0.3) is 17.7 Å². The van der Waals surface area contributed by atoms with Crippen molar-refractivity contribution < 1.29 is 84.9 Å². The first-order valence-corrected chi connectivity index (χ1v) is 29.8. The van der Waals surface area contributed by atoms with E-state index in [1.165, 1.54) is 49.9 Å². The van der Waals surface area contributed by atoms with Crippen molar-refractivity contribution >= 4 is 87.7 Å². The van der Waals surface area contributed by atoms with E-state index in [4.69, 9.17) is 49.3 Å². The average molecular weight is 1370 g/mol. The molecular formula is C57H60Cl3F6N15O12. The molecule has 0 spiro atoms. The van der Waals surface area contributed by atoms with Crippen LogP contribution in [-0.2, 0) is 73.0 Å². The molecule has 6 N–H and O–H groups in total. The zero-order valence-corrected chi connectivity index (χ0v) is 52.5. The molecular weight excluding hydrogens is 1310 g/mol. The number of aliphatic hydroxyl groups is 3. The summed E-state index contributed by atoms with van der Waals surface area (Å²) in [5, 5.41) is 50.5. The molecule has 0 saturated carbocycles. The van der Waals surface area contributed by atoms with Crippen LogP contribution in [0, 0.1) is 34.9 Å². The molecule has 498 valence electrons. The van der Waals surface area contributed by atoms with Crippen LogP contribution in [0.1, 0.15) is 86.0 Å². The van der Waals surface area contributed by atoms with Crippen molar-refractivity contribution in [3.8, 4) is 0 Å². The van der Waals surface area contributed by atoms with Gasteiger partial charge in [0.05, 0.1) is 98.3 Å². The lowest BCUT2D eigenvalue weighted by Crippen LogP contribution is -2.45. The van der Waals surface area contributed by atoms with Crippen LogP contribution >= 0.6 is 34.8 Å². The smallest absolute Gasteiger partial charge is 0.322 e. The molecule has 6 atom stereocenters. The lowest BCUT2D eigenvalue weighted by molar-refractivity contribution is -0.159. The van der Waals surface area contributed by atoms with E-state index in [-0.39, 0.29) is 116 Å². The van der Waals surface area contributed by atoms with Gasteiger partial charge in [-0.2, -0.15) is 15.3 Å². The van der Waals surface area contributed by atoms with Crippen molar-refractivity contribution in [3.63, 3.8) is 0 Å². The molecule has 27 nitrogen and oxygen atoms in total. The highest BCUT2D eigenvalue weighted by Crippen LogP contribution is 2.35. The highest BCUT2D eigenvalue weighted by Gasteiger charge is 2.42. The maximum absolute atomic E-state index is 14.2. The summed E-state index contributed by atoms with van der Waals surface area (Å²) in [4.78, 5) is 97.6. The predicted molar refractivity (Wildman–Crippen MR) is 316 cm³/mol. The van der Waals surface area contributed by atoms with Crippen LogP contribution in [0.25, 0.3) is 0 Å². The van der Waals surface area contributed by atoms with Gasteiger partial charge >= 0.3 is 18.1 Å². The van der Waals surface area contributed by atoms with Crippen LogP contribution in [0.15, 0.2) is 36.4 Å². The van der Waals surface area contributed by atoms with Gasteiger partial charge in [0.1, 0.15) is 68.7 Å². The van der Waals surface area contributed by atoms with Crippen molar-refractivity contribution in [2.75, 3.05) is 56.9 Å². The number of urea groups is 3. The number of hydroxylamine groups is 6. The van der Waals surface area contributed by atoms with Gasteiger partial charge in [-0.25, -0.2) is 55.9 Å². The number of rotatable bonds is 6. The van der Waals surface area contributed by atoms with Gasteiger partial charge in [-0.15, -0.1) is 0 Å². The first-order valence-electron chi connectivity index (χ1n) is 28.7. The molecule has 9 amide bonds. The van der Waals surface area contributed by atoms with Crippen LogP contribution in [0.4, 0.5) is 57.8 Å². The second-order valence-corrected chi connectivity index (χ2v) is 23.7. The molecule has 6 aliphatic heterocycles. The number of fused-ring (bicyclic) bond motifs is 9. The minimum Gasteiger partial charge on any atom is -0.393 e. The van der Waals surface area contributed by atoms with Gasteiger partial charge in [0.15, 0.2) is 11.6 Å². The summed E-state index contributed by atoms with van der Waals surface area (Å²) in [6.07, 6.45) is -0.802. The number of hydrogen-bond donors (Lipinski definition) is 6. The molecule has 0 aliphatic carbocycles. The molecule has 9 heterocycles. The number of anilines is 3. The van der Waals surface area contributed by atoms with Gasteiger partial charge in [-0.1, -0.05) is 34.8 Å². The van der Waals surface area contributed by atoms with Crippen LogP contribution in [-0.4, -0.2) is 188 Å². The van der Waals surface area contributed by atoms with Gasteiger partial charge in [-0.3, -0.25) is 42.9 Å². The number of carbonyl (C=O) groups is 6. The lowest BCUT2D eigenvalue weighted by atomic mass is 9.99. The van der Waals surface area contributed by atoms with E-state index in [1.807, 2.05) is 0 Å². The molecule has 0 unspecified atom stereocenters. The number of hydrogen-bond acceptors (Lipinski definition) is 15. The standard InChI is InChI=1S/3C19H20ClF2N5O4/c1-9-3-15-11(17-18(29)25(2)31-10(8-28)6-27(17)24-15)7-26(9)19(30)23-16-4-12(20)13(21)5-14(16)22;2*1-9-5-14-11(17-18(29)25(2)31-10(8-28)6-27(17)24-14)7-26(9)19(30)23-13-4-3-12(21)15(20)16(13)22/h4-5,9-10,28H,3,6-8H2,1-2H3,(H,23,30);2*3-4,9-10,28H,5-8H2,1-2H3,(H,23,30)/t9-,10-;9-,10+;9-,10-/m111/s1. The molecule has 6 aliphatic rings. The fourth-order valence-electron chi connectivity index (χ4n) is 11.4. The first-order chi connectivity index (χ1) is 44.1. The zero-order valence-electron chi connectivity index (χ0n) is 50.2. The third-order valence-electron chi connectivity index (χ3n) is 16.2. The molecule has 0 fully saturated rings. The predicted octanol–water partition coefficient (Wildman–Crippen LogP) is 6.51. The van der Waals surface area contributed by atoms with Crippen molar-refractivity contribution in [2.24, 2.45) is 0 Å². The van der Waals surface area contributed by atoms with E-state index in [0.717, 1.165) is 45.5 Å². The maximum atomic E-state index is 14.2. The van der Waals surface area contributed by atoms with Gasteiger partial charge < -0.3 is 46.0 Å². The second-order valence-electron chi connectivity index (χ2n) is 22.5. The number of benzene rings is 3. The van der Waals surface area contributed by atoms with E-state index in [1.54, 1.807) is 20.8 Å². The minimum absolute atomic E-state index is 0.0532. The molecule has 3 aromatic carbocycles. The summed E-state index contributed by atoms with van der Waals surface area (Å²) in [6, 6.07) is 2.91. The molecule has 0 radical (unpaired) electrons. The van der Waals surface area contributed by atoms with Crippen LogP contribution < -0.4 is 16.0 Å².